The number of nitrogens with one attached hydrogen (secondary N) is 2. The standard InChI is InChI=1S/C13H21N3O/c1-9(13(2,3)4)15-12(17)16-11-7-5-6-10(14)8-11/h5-9H,14H2,1-4H3,(H2,15,16,17). The number of nitrogens with two attached hydrogens (primary N) is 1. The molecule has 0 fully saturated rings. The van der Waals surface area contributed by atoms with Crippen LogP contribution in [0.3, 0.4) is 0 Å². The van der Waals surface area contributed by atoms with E-state index >= 15 is 0 Å². The zero-order valence-corrected chi connectivity index (χ0v) is 10.9. The van der Waals surface area contributed by atoms with Crippen molar-refractivity contribution in [2.24, 2.45) is 5.41 Å². The summed E-state index contributed by atoms with van der Waals surface area (Å²) in [5, 5.41) is 5.65. The summed E-state index contributed by atoms with van der Waals surface area (Å²) in [5.41, 5.74) is 7.00. The molecule has 2 amide bonds. The predicted octanol–water partition coefficient (Wildman–Crippen LogP) is 2.82. The highest BCUT2D eigenvalue weighted by atomic mass is 16.2. The Bertz CT molecular complexity index is 396. The summed E-state index contributed by atoms with van der Waals surface area (Å²) in [5.74, 6) is 0. The number of benzene rings is 1. The average molecular weight is 235 g/mol. The molecule has 0 spiro atoms. The van der Waals surface area contributed by atoms with E-state index in [0.29, 0.717) is 11.4 Å². The molecule has 1 aromatic carbocycles. The zero-order chi connectivity index (χ0) is 13.1. The van der Waals surface area contributed by atoms with Crippen LogP contribution in [-0.4, -0.2) is 12.1 Å². The number of rotatable bonds is 2. The van der Waals surface area contributed by atoms with Crippen LogP contribution in [0.4, 0.5) is 16.2 Å². The Kier molecular flexibility index (Phi) is 3.99. The van der Waals surface area contributed by atoms with Crippen LogP contribution < -0.4 is 16.4 Å². The van der Waals surface area contributed by atoms with Gasteiger partial charge in [0.1, 0.15) is 0 Å². The highest BCUT2D eigenvalue weighted by Crippen LogP contribution is 2.18. The van der Waals surface area contributed by atoms with E-state index in [1.54, 1.807) is 24.3 Å². The van der Waals surface area contributed by atoms with Gasteiger partial charge < -0.3 is 16.4 Å². The molecule has 1 aromatic rings. The lowest BCUT2D eigenvalue weighted by Crippen LogP contribution is -2.43. The molecule has 0 aliphatic rings. The van der Waals surface area contributed by atoms with Gasteiger partial charge >= 0.3 is 6.03 Å². The second-order valence-corrected chi connectivity index (χ2v) is 5.31. The van der Waals surface area contributed by atoms with E-state index in [1.165, 1.54) is 0 Å². The van der Waals surface area contributed by atoms with E-state index in [1.807, 2.05) is 6.92 Å². The van der Waals surface area contributed by atoms with E-state index in [4.69, 9.17) is 5.73 Å². The van der Waals surface area contributed by atoms with Crippen LogP contribution in [0.25, 0.3) is 0 Å². The molecule has 1 rings (SSSR count). The fourth-order valence-corrected chi connectivity index (χ4v) is 1.20. The van der Waals surface area contributed by atoms with Crippen molar-refractivity contribution in [3.8, 4) is 0 Å². The molecule has 1 atom stereocenters. The average Bonchev–Trinajstić information content (AvgIpc) is 2.15. The number of hydrogen-bond donors (Lipinski definition) is 3. The predicted molar refractivity (Wildman–Crippen MR) is 71.9 cm³/mol. The van der Waals surface area contributed by atoms with Gasteiger partial charge in [-0.2, -0.15) is 0 Å². The van der Waals surface area contributed by atoms with Gasteiger partial charge in [-0.1, -0.05) is 26.8 Å². The first kappa shape index (κ1) is 13.4. The molecule has 0 radical (unpaired) electrons. The van der Waals surface area contributed by atoms with Crippen molar-refractivity contribution in [1.82, 2.24) is 5.32 Å². The zero-order valence-electron chi connectivity index (χ0n) is 10.9. The van der Waals surface area contributed by atoms with Crippen LogP contribution in [0.1, 0.15) is 27.7 Å². The van der Waals surface area contributed by atoms with E-state index < -0.39 is 0 Å². The fraction of sp³-hybridized carbons (Fsp3) is 0.462. The number of nitrogen functional groups attached to an aromatic ring is 1. The first-order valence-corrected chi connectivity index (χ1v) is 5.72. The summed E-state index contributed by atoms with van der Waals surface area (Å²) in [6.45, 7) is 8.23. The Morgan fingerprint density at radius 2 is 2.00 bits per heavy atom. The maximum absolute atomic E-state index is 11.7. The largest absolute Gasteiger partial charge is 0.399 e. The SMILES string of the molecule is CC(NC(=O)Nc1cccc(N)c1)C(C)(C)C. The lowest BCUT2D eigenvalue weighted by molar-refractivity contribution is 0.233. The highest BCUT2D eigenvalue weighted by molar-refractivity contribution is 5.89. The molecule has 0 heterocycles. The van der Waals surface area contributed by atoms with Gasteiger partial charge in [0.25, 0.3) is 0 Å². The molecule has 0 bridgehead atoms. The molecule has 0 aliphatic carbocycles. The number of anilines is 2. The van der Waals surface area contributed by atoms with Crippen molar-refractivity contribution in [3.63, 3.8) is 0 Å². The molecule has 0 saturated carbocycles. The molecule has 1 unspecified atom stereocenters. The summed E-state index contributed by atoms with van der Waals surface area (Å²) in [4.78, 5) is 11.7. The van der Waals surface area contributed by atoms with Crippen molar-refractivity contribution in [3.05, 3.63) is 24.3 Å². The van der Waals surface area contributed by atoms with Crippen molar-refractivity contribution in [2.75, 3.05) is 11.1 Å². The summed E-state index contributed by atoms with van der Waals surface area (Å²) in [7, 11) is 0. The van der Waals surface area contributed by atoms with E-state index in [-0.39, 0.29) is 17.5 Å². The summed E-state index contributed by atoms with van der Waals surface area (Å²) < 4.78 is 0. The molecule has 17 heavy (non-hydrogen) atoms. The number of carbonyl (C=O) groups is 1. The van der Waals surface area contributed by atoms with Crippen LogP contribution in [0.15, 0.2) is 24.3 Å². The second-order valence-electron chi connectivity index (χ2n) is 5.31. The van der Waals surface area contributed by atoms with Gasteiger partial charge in [0.15, 0.2) is 0 Å². The molecular formula is C13H21N3O. The van der Waals surface area contributed by atoms with Gasteiger partial charge in [-0.05, 0) is 30.5 Å². The van der Waals surface area contributed by atoms with E-state index in [2.05, 4.69) is 31.4 Å². The van der Waals surface area contributed by atoms with Gasteiger partial charge in [-0.3, -0.25) is 0 Å². The van der Waals surface area contributed by atoms with E-state index in [9.17, 15) is 4.79 Å². The second kappa shape index (κ2) is 5.08. The van der Waals surface area contributed by atoms with Gasteiger partial charge in [-0.15, -0.1) is 0 Å². The molecular weight excluding hydrogens is 214 g/mol. The smallest absolute Gasteiger partial charge is 0.319 e. The topological polar surface area (TPSA) is 67.2 Å². The van der Waals surface area contributed by atoms with Crippen molar-refractivity contribution in [2.45, 2.75) is 33.7 Å². The third-order valence-electron chi connectivity index (χ3n) is 2.79. The van der Waals surface area contributed by atoms with Crippen molar-refractivity contribution < 1.29 is 4.79 Å². The molecule has 0 aromatic heterocycles. The monoisotopic (exact) mass is 235 g/mol. The fourth-order valence-electron chi connectivity index (χ4n) is 1.20. The van der Waals surface area contributed by atoms with Crippen LogP contribution in [-0.2, 0) is 0 Å². The van der Waals surface area contributed by atoms with Crippen molar-refractivity contribution >= 4 is 17.4 Å². The first-order chi connectivity index (χ1) is 7.79. The Hall–Kier alpha value is -1.71. The summed E-state index contributed by atoms with van der Waals surface area (Å²) in [6, 6.07) is 6.99. The Balaban J connectivity index is 2.56. The summed E-state index contributed by atoms with van der Waals surface area (Å²) >= 11 is 0. The number of carbonyl (C=O) groups excluding carboxylic acids is 1. The number of hydrogen-bond acceptors (Lipinski definition) is 2. The molecule has 4 N–H and O–H groups in total. The van der Waals surface area contributed by atoms with Gasteiger partial charge in [0, 0.05) is 17.4 Å². The molecule has 94 valence electrons. The molecule has 4 nitrogen and oxygen atoms in total. The van der Waals surface area contributed by atoms with Crippen LogP contribution >= 0.6 is 0 Å². The van der Waals surface area contributed by atoms with Crippen LogP contribution in [0.2, 0.25) is 0 Å². The van der Waals surface area contributed by atoms with Gasteiger partial charge in [-0.25, -0.2) is 4.79 Å². The molecule has 0 saturated heterocycles. The minimum Gasteiger partial charge on any atom is -0.399 e. The maximum Gasteiger partial charge on any atom is 0.319 e. The Labute approximate surface area is 103 Å². The number of amides is 2. The maximum atomic E-state index is 11.7. The molecule has 0 aliphatic heterocycles. The summed E-state index contributed by atoms with van der Waals surface area (Å²) in [6.07, 6.45) is 0. The third kappa shape index (κ3) is 4.34. The lowest BCUT2D eigenvalue weighted by Gasteiger charge is -2.28. The lowest BCUT2D eigenvalue weighted by atomic mass is 9.88. The molecule has 4 heteroatoms. The number of urea groups is 1. The first-order valence-electron chi connectivity index (χ1n) is 5.72. The van der Waals surface area contributed by atoms with E-state index in [0.717, 1.165) is 0 Å². The van der Waals surface area contributed by atoms with Crippen molar-refractivity contribution in [1.29, 1.82) is 0 Å². The minimum absolute atomic E-state index is 0.0348. The van der Waals surface area contributed by atoms with Crippen LogP contribution in [0.5, 0.6) is 0 Å². The highest BCUT2D eigenvalue weighted by Gasteiger charge is 2.21. The Morgan fingerprint density at radius 1 is 1.35 bits per heavy atom. The minimum atomic E-state index is -0.210. The van der Waals surface area contributed by atoms with Gasteiger partial charge in [0.05, 0.1) is 0 Å². The van der Waals surface area contributed by atoms with Crippen LogP contribution in [0, 0.1) is 5.41 Å². The third-order valence-corrected chi connectivity index (χ3v) is 2.79. The quantitative estimate of drug-likeness (QED) is 0.690. The Morgan fingerprint density at radius 3 is 2.53 bits per heavy atom. The normalized spacial score (nSPS) is 12.9. The van der Waals surface area contributed by atoms with Gasteiger partial charge in [0.2, 0.25) is 0 Å².